The maximum atomic E-state index is 13.5. The number of halogens is 4. The quantitative estimate of drug-likeness (QED) is 0.121. The lowest BCUT2D eigenvalue weighted by molar-refractivity contribution is -0.119. The number of amides is 1. The van der Waals surface area contributed by atoms with Crippen LogP contribution in [0, 0.1) is 6.92 Å². The number of anilines is 2. The molecule has 1 fully saturated rings. The van der Waals surface area contributed by atoms with Gasteiger partial charge in [0.25, 0.3) is 0 Å². The lowest BCUT2D eigenvalue weighted by atomic mass is 9.99. The van der Waals surface area contributed by atoms with Crippen LogP contribution in [0.2, 0.25) is 10.0 Å². The van der Waals surface area contributed by atoms with Crippen LogP contribution in [0.5, 0.6) is 5.88 Å². The van der Waals surface area contributed by atoms with E-state index in [4.69, 9.17) is 32.7 Å². The number of nitrogens with zero attached hydrogens (tertiary/aromatic N) is 3. The zero-order valence-corrected chi connectivity index (χ0v) is 27.7. The van der Waals surface area contributed by atoms with Crippen LogP contribution < -0.4 is 20.7 Å². The molecular formula is C33H30Cl2F2N6O3S. The fourth-order valence-electron chi connectivity index (χ4n) is 5.49. The van der Waals surface area contributed by atoms with Crippen molar-refractivity contribution < 1.29 is 23.0 Å². The van der Waals surface area contributed by atoms with Crippen molar-refractivity contribution in [1.29, 1.82) is 0 Å². The van der Waals surface area contributed by atoms with Crippen molar-refractivity contribution in [3.63, 3.8) is 0 Å². The topological polar surface area (TPSA) is 110 Å². The molecule has 0 aliphatic carbocycles. The molecule has 0 unspecified atom stereocenters. The second kappa shape index (κ2) is 14.4. The first kappa shape index (κ1) is 33.0. The highest BCUT2D eigenvalue weighted by Gasteiger charge is 2.23. The summed E-state index contributed by atoms with van der Waals surface area (Å²) in [5.74, 6) is 0.362. The summed E-state index contributed by atoms with van der Waals surface area (Å²) in [6.07, 6.45) is 2.90. The summed E-state index contributed by atoms with van der Waals surface area (Å²) in [4.78, 5) is 25.2. The lowest BCUT2D eigenvalue weighted by Gasteiger charge is -2.18. The van der Waals surface area contributed by atoms with Gasteiger partial charge in [-0.1, -0.05) is 53.5 Å². The minimum atomic E-state index is -3.07. The Labute approximate surface area is 283 Å². The van der Waals surface area contributed by atoms with Crippen molar-refractivity contribution in [2.75, 3.05) is 19.0 Å². The van der Waals surface area contributed by atoms with Gasteiger partial charge in [0, 0.05) is 61.1 Å². The van der Waals surface area contributed by atoms with Crippen LogP contribution in [0.3, 0.4) is 0 Å². The first-order valence-electron chi connectivity index (χ1n) is 14.8. The van der Waals surface area contributed by atoms with Crippen molar-refractivity contribution in [3.05, 3.63) is 80.9 Å². The van der Waals surface area contributed by atoms with Gasteiger partial charge in [0.2, 0.25) is 11.8 Å². The molecule has 2 aromatic carbocycles. The SMILES string of the molecule is COCc1nc2c(Nc3cccc(-c4cccc(-c5cc(C)c(CNC[C@@H]6CCC(=O)N6)c(OC(F)F)n5)c4Cl)c3Cl)nccc2s1. The summed E-state index contributed by atoms with van der Waals surface area (Å²) < 4.78 is 38.1. The summed E-state index contributed by atoms with van der Waals surface area (Å²) in [7, 11) is 1.62. The van der Waals surface area contributed by atoms with Crippen LogP contribution >= 0.6 is 34.5 Å². The molecular weight excluding hydrogens is 669 g/mol. The fourth-order valence-corrected chi connectivity index (χ4v) is 7.02. The Kier molecular flexibility index (Phi) is 10.1. The molecule has 1 aliphatic rings. The van der Waals surface area contributed by atoms with Crippen LogP contribution in [0.25, 0.3) is 32.6 Å². The molecule has 3 N–H and O–H groups in total. The van der Waals surface area contributed by atoms with E-state index in [0.717, 1.165) is 16.1 Å². The number of aromatic nitrogens is 3. The number of aryl methyl sites for hydroxylation is 1. The summed E-state index contributed by atoms with van der Waals surface area (Å²) in [6.45, 7) is -0.149. The van der Waals surface area contributed by atoms with Gasteiger partial charge in [0.05, 0.1) is 32.7 Å². The van der Waals surface area contributed by atoms with E-state index in [2.05, 4.69) is 30.9 Å². The first-order valence-corrected chi connectivity index (χ1v) is 16.3. The predicted octanol–water partition coefficient (Wildman–Crippen LogP) is 7.90. The van der Waals surface area contributed by atoms with Gasteiger partial charge in [-0.15, -0.1) is 11.3 Å². The number of hydrogen-bond acceptors (Lipinski definition) is 9. The molecule has 244 valence electrons. The van der Waals surface area contributed by atoms with Gasteiger partial charge in [-0.05, 0) is 37.1 Å². The van der Waals surface area contributed by atoms with E-state index < -0.39 is 6.61 Å². The predicted molar refractivity (Wildman–Crippen MR) is 181 cm³/mol. The fraction of sp³-hybridized carbons (Fsp3) is 0.273. The van der Waals surface area contributed by atoms with Gasteiger partial charge >= 0.3 is 6.61 Å². The monoisotopic (exact) mass is 698 g/mol. The minimum absolute atomic E-state index is 0.00575. The number of carbonyl (C=O) groups is 1. The molecule has 1 aliphatic heterocycles. The molecule has 47 heavy (non-hydrogen) atoms. The third-order valence-corrected chi connectivity index (χ3v) is 9.53. The number of carbonyl (C=O) groups excluding carboxylic acids is 1. The van der Waals surface area contributed by atoms with E-state index >= 15 is 0 Å². The molecule has 9 nitrogen and oxygen atoms in total. The van der Waals surface area contributed by atoms with Crippen LogP contribution in [0.15, 0.2) is 54.7 Å². The van der Waals surface area contributed by atoms with E-state index in [1.165, 1.54) is 11.3 Å². The second-order valence-electron chi connectivity index (χ2n) is 10.9. The molecule has 3 aromatic heterocycles. The average Bonchev–Trinajstić information content (AvgIpc) is 3.65. The van der Waals surface area contributed by atoms with Crippen molar-refractivity contribution in [2.45, 2.75) is 45.6 Å². The number of pyridine rings is 2. The van der Waals surface area contributed by atoms with Crippen molar-refractivity contribution in [2.24, 2.45) is 0 Å². The van der Waals surface area contributed by atoms with Gasteiger partial charge < -0.3 is 25.4 Å². The smallest absolute Gasteiger partial charge is 0.388 e. The molecule has 0 radical (unpaired) electrons. The van der Waals surface area contributed by atoms with Crippen molar-refractivity contribution in [1.82, 2.24) is 25.6 Å². The number of thiazole rings is 1. The average molecular weight is 700 g/mol. The Balaban J connectivity index is 1.30. The van der Waals surface area contributed by atoms with Gasteiger partial charge in [0.15, 0.2) is 5.82 Å². The number of rotatable bonds is 12. The van der Waals surface area contributed by atoms with Crippen LogP contribution in [0.4, 0.5) is 20.3 Å². The number of alkyl halides is 2. The van der Waals surface area contributed by atoms with Gasteiger partial charge in [-0.25, -0.2) is 15.0 Å². The Bertz CT molecular complexity index is 1940. The largest absolute Gasteiger partial charge is 0.417 e. The van der Waals surface area contributed by atoms with Gasteiger partial charge in [-0.2, -0.15) is 8.78 Å². The lowest BCUT2D eigenvalue weighted by Crippen LogP contribution is -2.35. The zero-order chi connectivity index (χ0) is 33.1. The van der Waals surface area contributed by atoms with Crippen LogP contribution in [-0.4, -0.2) is 47.2 Å². The molecule has 14 heteroatoms. The summed E-state index contributed by atoms with van der Waals surface area (Å²) >= 11 is 15.5. The van der Waals surface area contributed by atoms with Gasteiger partial charge in [-0.3, -0.25) is 4.79 Å². The van der Waals surface area contributed by atoms with E-state index in [1.54, 1.807) is 38.4 Å². The number of ether oxygens (including phenoxy) is 2. The molecule has 1 atom stereocenters. The zero-order valence-electron chi connectivity index (χ0n) is 25.4. The Hall–Kier alpha value is -3.94. The molecule has 6 rings (SSSR count). The van der Waals surface area contributed by atoms with E-state index in [0.29, 0.717) is 80.2 Å². The Morgan fingerprint density at radius 3 is 2.60 bits per heavy atom. The van der Waals surface area contributed by atoms with Crippen LogP contribution in [0.1, 0.15) is 29.0 Å². The van der Waals surface area contributed by atoms with Crippen molar-refractivity contribution in [3.8, 4) is 28.3 Å². The Morgan fingerprint density at radius 2 is 1.85 bits per heavy atom. The maximum Gasteiger partial charge on any atom is 0.388 e. The van der Waals surface area contributed by atoms with Gasteiger partial charge in [0.1, 0.15) is 10.5 Å². The molecule has 1 saturated heterocycles. The minimum Gasteiger partial charge on any atom is -0.417 e. The number of hydrogen-bond donors (Lipinski definition) is 3. The number of fused-ring (bicyclic) bond motifs is 1. The number of benzene rings is 2. The number of nitrogens with one attached hydrogen (secondary N) is 3. The summed E-state index contributed by atoms with van der Waals surface area (Å²) in [5, 5.41) is 11.0. The van der Waals surface area contributed by atoms with E-state index in [1.807, 2.05) is 30.3 Å². The third kappa shape index (κ3) is 7.31. The highest BCUT2D eigenvalue weighted by Crippen LogP contribution is 2.42. The highest BCUT2D eigenvalue weighted by molar-refractivity contribution is 7.18. The third-order valence-electron chi connectivity index (χ3n) is 7.72. The summed E-state index contributed by atoms with van der Waals surface area (Å²) in [5.41, 5.74) is 4.65. The van der Waals surface area contributed by atoms with Crippen molar-refractivity contribution >= 4 is 62.2 Å². The standard InChI is InChI=1S/C33H30Cl2F2N6O3S/c1-17-13-24(42-32(46-33(36)37)22(17)15-38-14-18-9-10-26(44)40-18)21-7-3-5-19(28(21)34)20-6-4-8-23(29(20)35)41-31-30-25(11-12-39-31)47-27(43-30)16-45-2/h3-8,11-13,18,33,38H,9-10,14-16H2,1-2H3,(H,39,41)(H,40,44)/t18-/m0/s1. The number of methoxy groups -OCH3 is 1. The normalized spacial score (nSPS) is 14.6. The molecule has 1 amide bonds. The van der Waals surface area contributed by atoms with E-state index in [-0.39, 0.29) is 24.4 Å². The Morgan fingerprint density at radius 1 is 1.09 bits per heavy atom. The molecule has 4 heterocycles. The first-order chi connectivity index (χ1) is 22.7. The van der Waals surface area contributed by atoms with E-state index in [9.17, 15) is 13.6 Å². The second-order valence-corrected chi connectivity index (χ2v) is 12.8. The summed E-state index contributed by atoms with van der Waals surface area (Å²) in [6, 6.07) is 14.6. The molecule has 0 saturated carbocycles. The highest BCUT2D eigenvalue weighted by atomic mass is 35.5. The molecule has 5 aromatic rings. The molecule has 0 spiro atoms. The van der Waals surface area contributed by atoms with Crippen LogP contribution in [-0.2, 0) is 22.7 Å². The molecule has 0 bridgehead atoms. The maximum absolute atomic E-state index is 13.5.